The van der Waals surface area contributed by atoms with Crippen molar-refractivity contribution >= 4 is 56.2 Å². The van der Waals surface area contributed by atoms with E-state index in [2.05, 4.69) is 26.2 Å². The van der Waals surface area contributed by atoms with Gasteiger partial charge in [0.25, 0.3) is 0 Å². The second kappa shape index (κ2) is 4.91. The van der Waals surface area contributed by atoms with Crippen LogP contribution in [-0.2, 0) is 9.59 Å². The van der Waals surface area contributed by atoms with Crippen molar-refractivity contribution in [1.82, 2.24) is 5.32 Å². The second-order valence-corrected chi connectivity index (χ2v) is 6.24. The first-order chi connectivity index (χ1) is 10.6. The monoisotopic (exact) mass is 357 g/mol. The van der Waals surface area contributed by atoms with Gasteiger partial charge in [-0.2, -0.15) is 0 Å². The molecular formula is C16H12BrN3O2. The second-order valence-electron chi connectivity index (χ2n) is 5.38. The molecule has 2 aliphatic heterocycles. The van der Waals surface area contributed by atoms with Crippen molar-refractivity contribution < 1.29 is 9.59 Å². The number of nitrogens with one attached hydrogen (secondary N) is 1. The van der Waals surface area contributed by atoms with Gasteiger partial charge in [-0.3, -0.25) is 14.9 Å². The average Bonchev–Trinajstić information content (AvgIpc) is 2.52. The zero-order valence-corrected chi connectivity index (χ0v) is 13.1. The van der Waals surface area contributed by atoms with Crippen LogP contribution in [0.1, 0.15) is 12.8 Å². The summed E-state index contributed by atoms with van der Waals surface area (Å²) in [6.07, 6.45) is 2.53. The molecule has 1 atom stereocenters. The molecule has 2 aromatic carbocycles. The molecule has 1 fully saturated rings. The quantitative estimate of drug-likeness (QED) is 0.798. The van der Waals surface area contributed by atoms with Gasteiger partial charge in [-0.25, -0.2) is 4.99 Å². The van der Waals surface area contributed by atoms with E-state index in [0.717, 1.165) is 26.6 Å². The van der Waals surface area contributed by atoms with Gasteiger partial charge >= 0.3 is 0 Å². The van der Waals surface area contributed by atoms with E-state index < -0.39 is 6.04 Å². The number of aliphatic imine (C=N–C) groups is 1. The minimum atomic E-state index is -0.404. The molecule has 2 amide bonds. The summed E-state index contributed by atoms with van der Waals surface area (Å²) in [5, 5.41) is 4.48. The maximum Gasteiger partial charge on any atom is 0.249 e. The normalized spacial score (nSPS) is 20.4. The van der Waals surface area contributed by atoms with Crippen molar-refractivity contribution in [3.8, 4) is 0 Å². The highest BCUT2D eigenvalue weighted by atomic mass is 79.9. The summed E-state index contributed by atoms with van der Waals surface area (Å²) in [6.45, 7) is 0. The van der Waals surface area contributed by atoms with Gasteiger partial charge in [0.2, 0.25) is 11.8 Å². The Labute approximate surface area is 135 Å². The Kier molecular flexibility index (Phi) is 3.00. The maximum absolute atomic E-state index is 12.2. The van der Waals surface area contributed by atoms with E-state index in [1.54, 1.807) is 6.34 Å². The Morgan fingerprint density at radius 1 is 1.23 bits per heavy atom. The summed E-state index contributed by atoms with van der Waals surface area (Å²) in [7, 11) is 0. The van der Waals surface area contributed by atoms with Crippen molar-refractivity contribution in [3.05, 3.63) is 34.8 Å². The standard InChI is InChI=1S/C16H12BrN3O2/c17-10-4-5-11-15-9(10)2-1-3-12(15)20(8-18-11)13-6-7-14(21)19-16(13)22/h1-5,8,13H,6-7H2,(H,19,21,22). The molecule has 0 aliphatic carbocycles. The van der Waals surface area contributed by atoms with Gasteiger partial charge in [-0.1, -0.05) is 28.1 Å². The number of amides is 2. The van der Waals surface area contributed by atoms with Crippen molar-refractivity contribution in [1.29, 1.82) is 0 Å². The SMILES string of the molecule is O=C1CCC(N2C=Nc3ccc(Br)c4cccc2c34)C(=O)N1. The molecule has 0 aromatic heterocycles. The van der Waals surface area contributed by atoms with Crippen LogP contribution >= 0.6 is 15.9 Å². The minimum absolute atomic E-state index is 0.212. The summed E-state index contributed by atoms with van der Waals surface area (Å²) < 4.78 is 0.994. The van der Waals surface area contributed by atoms with Crippen LogP contribution in [-0.4, -0.2) is 24.2 Å². The highest BCUT2D eigenvalue weighted by Gasteiger charge is 2.33. The van der Waals surface area contributed by atoms with E-state index in [-0.39, 0.29) is 11.8 Å². The van der Waals surface area contributed by atoms with E-state index in [9.17, 15) is 9.59 Å². The molecule has 0 radical (unpaired) electrons. The Morgan fingerprint density at radius 2 is 2.09 bits per heavy atom. The lowest BCUT2D eigenvalue weighted by molar-refractivity contribution is -0.133. The first-order valence-electron chi connectivity index (χ1n) is 7.02. The lowest BCUT2D eigenvalue weighted by Gasteiger charge is -2.34. The fourth-order valence-corrected chi connectivity index (χ4v) is 3.50. The number of rotatable bonds is 1. The fourth-order valence-electron chi connectivity index (χ4n) is 3.04. The van der Waals surface area contributed by atoms with Crippen LogP contribution in [0.4, 0.5) is 11.4 Å². The predicted molar refractivity (Wildman–Crippen MR) is 88.5 cm³/mol. The Balaban J connectivity index is 1.86. The van der Waals surface area contributed by atoms with E-state index in [1.807, 2.05) is 35.2 Å². The van der Waals surface area contributed by atoms with Crippen molar-refractivity contribution in [2.45, 2.75) is 18.9 Å². The van der Waals surface area contributed by atoms with Gasteiger partial charge in [-0.15, -0.1) is 0 Å². The number of carbonyl (C=O) groups excluding carboxylic acids is 2. The lowest BCUT2D eigenvalue weighted by atomic mass is 10.00. The van der Waals surface area contributed by atoms with Crippen molar-refractivity contribution in [2.75, 3.05) is 4.90 Å². The number of nitrogens with zero attached hydrogens (tertiary/aromatic N) is 2. The summed E-state index contributed by atoms with van der Waals surface area (Å²) >= 11 is 3.56. The van der Waals surface area contributed by atoms with Crippen molar-refractivity contribution in [2.24, 2.45) is 4.99 Å². The number of hydrogen-bond donors (Lipinski definition) is 1. The molecule has 6 heteroatoms. The summed E-state index contributed by atoms with van der Waals surface area (Å²) in [5.74, 6) is -0.477. The highest BCUT2D eigenvalue weighted by Crippen LogP contribution is 2.41. The first-order valence-corrected chi connectivity index (χ1v) is 7.82. The van der Waals surface area contributed by atoms with E-state index in [0.29, 0.717) is 12.8 Å². The maximum atomic E-state index is 12.2. The molecular weight excluding hydrogens is 346 g/mol. The molecule has 2 aromatic rings. The van der Waals surface area contributed by atoms with Crippen LogP contribution in [0.3, 0.4) is 0 Å². The Morgan fingerprint density at radius 3 is 2.91 bits per heavy atom. The first kappa shape index (κ1) is 13.5. The number of halogens is 1. The van der Waals surface area contributed by atoms with Gasteiger partial charge < -0.3 is 4.90 Å². The molecule has 1 N–H and O–H groups in total. The highest BCUT2D eigenvalue weighted by molar-refractivity contribution is 9.10. The third-order valence-corrected chi connectivity index (χ3v) is 4.78. The molecule has 2 heterocycles. The van der Waals surface area contributed by atoms with Crippen LogP contribution in [0, 0.1) is 0 Å². The van der Waals surface area contributed by atoms with Gasteiger partial charge in [0.15, 0.2) is 0 Å². The van der Waals surface area contributed by atoms with Crippen LogP contribution in [0.2, 0.25) is 0 Å². The van der Waals surface area contributed by atoms with Crippen molar-refractivity contribution in [3.63, 3.8) is 0 Å². The van der Waals surface area contributed by atoms with Gasteiger partial charge in [-0.05, 0) is 24.6 Å². The fraction of sp³-hybridized carbons (Fsp3) is 0.188. The summed E-state index contributed by atoms with van der Waals surface area (Å²) in [5.41, 5.74) is 1.83. The van der Waals surface area contributed by atoms with Gasteiger partial charge in [0.1, 0.15) is 6.04 Å². The third kappa shape index (κ3) is 1.94. The Bertz CT molecular complexity index is 847. The van der Waals surface area contributed by atoms with E-state index in [1.165, 1.54) is 0 Å². The molecule has 0 bridgehead atoms. The zero-order valence-electron chi connectivity index (χ0n) is 11.5. The number of benzene rings is 2. The largest absolute Gasteiger partial charge is 0.319 e. The molecule has 0 saturated carbocycles. The molecule has 5 nitrogen and oxygen atoms in total. The van der Waals surface area contributed by atoms with Crippen LogP contribution in [0.25, 0.3) is 10.8 Å². The smallest absolute Gasteiger partial charge is 0.249 e. The minimum Gasteiger partial charge on any atom is -0.319 e. The van der Waals surface area contributed by atoms with Gasteiger partial charge in [0.05, 0.1) is 17.7 Å². The predicted octanol–water partition coefficient (Wildman–Crippen LogP) is 2.89. The summed E-state index contributed by atoms with van der Waals surface area (Å²) in [6, 6.07) is 9.49. The molecule has 1 saturated heterocycles. The number of hydrogen-bond acceptors (Lipinski definition) is 4. The van der Waals surface area contributed by atoms with Gasteiger partial charge in [0, 0.05) is 21.7 Å². The topological polar surface area (TPSA) is 61.8 Å². The zero-order chi connectivity index (χ0) is 15.3. The van der Waals surface area contributed by atoms with E-state index >= 15 is 0 Å². The summed E-state index contributed by atoms with van der Waals surface area (Å²) in [4.78, 5) is 29.8. The number of piperidine rings is 1. The molecule has 110 valence electrons. The van der Waals surface area contributed by atoms with Crippen LogP contribution in [0.5, 0.6) is 0 Å². The molecule has 4 rings (SSSR count). The lowest BCUT2D eigenvalue weighted by Crippen LogP contribution is -2.52. The average molecular weight is 358 g/mol. The molecule has 1 unspecified atom stereocenters. The molecule has 0 spiro atoms. The van der Waals surface area contributed by atoms with Crippen LogP contribution in [0.15, 0.2) is 39.8 Å². The number of carbonyl (C=O) groups is 2. The number of anilines is 1. The third-order valence-electron chi connectivity index (χ3n) is 4.09. The van der Waals surface area contributed by atoms with E-state index in [4.69, 9.17) is 0 Å². The molecule has 2 aliphatic rings. The number of imide groups is 1. The van der Waals surface area contributed by atoms with Crippen LogP contribution < -0.4 is 10.2 Å². The molecule has 22 heavy (non-hydrogen) atoms. The Hall–Kier alpha value is -2.21.